The van der Waals surface area contributed by atoms with Crippen LogP contribution < -0.4 is 10.1 Å². The molecule has 2 N–H and O–H groups in total. The molecule has 3 aromatic rings. The van der Waals surface area contributed by atoms with Crippen molar-refractivity contribution in [2.24, 2.45) is 0 Å². The van der Waals surface area contributed by atoms with Crippen LogP contribution in [-0.2, 0) is 24.5 Å². The van der Waals surface area contributed by atoms with Crippen molar-refractivity contribution in [2.75, 3.05) is 18.4 Å². The largest absolute Gasteiger partial charge is 0.507 e. The smallest absolute Gasteiger partial charge is 0.262 e. The lowest BCUT2D eigenvalue weighted by molar-refractivity contribution is -0.129. The number of amides is 2. The van der Waals surface area contributed by atoms with Crippen molar-refractivity contribution in [1.29, 1.82) is 5.26 Å². The van der Waals surface area contributed by atoms with Crippen LogP contribution in [0.2, 0.25) is 0 Å². The van der Waals surface area contributed by atoms with Crippen LogP contribution in [0.3, 0.4) is 0 Å². The van der Waals surface area contributed by atoms with Gasteiger partial charge in [-0.3, -0.25) is 9.59 Å². The summed E-state index contributed by atoms with van der Waals surface area (Å²) in [6.45, 7) is 4.00. The molecule has 0 spiro atoms. The molecule has 1 fully saturated rings. The predicted molar refractivity (Wildman–Crippen MR) is 143 cm³/mol. The van der Waals surface area contributed by atoms with Gasteiger partial charge in [0.25, 0.3) is 5.91 Å². The summed E-state index contributed by atoms with van der Waals surface area (Å²) >= 11 is 0. The molecule has 2 amide bonds. The van der Waals surface area contributed by atoms with Crippen molar-refractivity contribution in [1.82, 2.24) is 9.80 Å². The molecule has 0 aromatic heterocycles. The summed E-state index contributed by atoms with van der Waals surface area (Å²) in [6.07, 6.45) is 1.91. The molecule has 2 heterocycles. The average molecular weight is 511 g/mol. The number of nitrogens with zero attached hydrogens (tertiary/aromatic N) is 3. The Bertz CT molecular complexity index is 1400. The normalized spacial score (nSPS) is 16.5. The standard InChI is InChI=1S/C30H30N4O4/c1-20(35)33-12-6-10-24(17-33)32-26-11-5-9-23-16-34(18-25(23)26)30(37)29-27(36)13-22(15-31)14-28(29)38-19-21-7-3-2-4-8-21/h2-5,7-9,11,13-14,24,32,36H,6,10,12,16-19H2,1H3/t24-/m1/s1. The number of carbonyl (C=O) groups excluding carboxylic acids is 2. The van der Waals surface area contributed by atoms with Crippen LogP contribution >= 0.6 is 0 Å². The molecule has 1 atom stereocenters. The topological polar surface area (TPSA) is 106 Å². The fourth-order valence-corrected chi connectivity index (χ4v) is 5.19. The monoisotopic (exact) mass is 510 g/mol. The summed E-state index contributed by atoms with van der Waals surface area (Å²) in [6, 6.07) is 20.4. The minimum absolute atomic E-state index is 0.0478. The highest BCUT2D eigenvalue weighted by Gasteiger charge is 2.31. The Labute approximate surface area is 222 Å². The highest BCUT2D eigenvalue weighted by Crippen LogP contribution is 2.36. The molecule has 5 rings (SSSR count). The first-order valence-corrected chi connectivity index (χ1v) is 12.8. The number of nitriles is 1. The number of rotatable bonds is 6. The molecule has 2 aliphatic heterocycles. The number of nitrogens with one attached hydrogen (secondary N) is 1. The highest BCUT2D eigenvalue weighted by atomic mass is 16.5. The molecule has 0 bridgehead atoms. The third-order valence-electron chi connectivity index (χ3n) is 7.16. The van der Waals surface area contributed by atoms with E-state index in [9.17, 15) is 20.0 Å². The van der Waals surface area contributed by atoms with Gasteiger partial charge in [-0.25, -0.2) is 0 Å². The lowest BCUT2D eigenvalue weighted by atomic mass is 10.0. The van der Waals surface area contributed by atoms with Gasteiger partial charge in [0.15, 0.2) is 0 Å². The second kappa shape index (κ2) is 10.9. The highest BCUT2D eigenvalue weighted by molar-refractivity contribution is 6.00. The number of fused-ring (bicyclic) bond motifs is 1. The molecule has 194 valence electrons. The van der Waals surface area contributed by atoms with E-state index in [1.54, 1.807) is 11.8 Å². The zero-order valence-corrected chi connectivity index (χ0v) is 21.3. The van der Waals surface area contributed by atoms with Crippen LogP contribution in [0, 0.1) is 11.3 Å². The summed E-state index contributed by atoms with van der Waals surface area (Å²) in [5.74, 6) is -0.383. The number of phenols is 1. The minimum atomic E-state index is -0.363. The van der Waals surface area contributed by atoms with Gasteiger partial charge in [0.2, 0.25) is 5.91 Å². The Morgan fingerprint density at radius 1 is 1.11 bits per heavy atom. The van der Waals surface area contributed by atoms with Gasteiger partial charge in [-0.05, 0) is 47.7 Å². The Hall–Kier alpha value is -4.51. The van der Waals surface area contributed by atoms with Gasteiger partial charge in [0.1, 0.15) is 23.7 Å². The van der Waals surface area contributed by atoms with Crippen LogP contribution in [0.5, 0.6) is 11.5 Å². The van der Waals surface area contributed by atoms with Crippen molar-refractivity contribution in [3.63, 3.8) is 0 Å². The molecule has 38 heavy (non-hydrogen) atoms. The van der Waals surface area contributed by atoms with E-state index < -0.39 is 0 Å². The van der Waals surface area contributed by atoms with Crippen molar-refractivity contribution in [3.8, 4) is 17.6 Å². The van der Waals surface area contributed by atoms with Crippen molar-refractivity contribution in [3.05, 3.63) is 88.5 Å². The van der Waals surface area contributed by atoms with Crippen LogP contribution in [0.1, 0.15) is 52.4 Å². The fourth-order valence-electron chi connectivity index (χ4n) is 5.19. The SMILES string of the molecule is CC(=O)N1CCC[C@@H](Nc2cccc3c2CN(C(=O)c2c(O)cc(C#N)cc2OCc2ccccc2)C3)C1. The molecule has 0 aliphatic carbocycles. The van der Waals surface area contributed by atoms with Crippen molar-refractivity contribution in [2.45, 2.75) is 45.5 Å². The average Bonchev–Trinajstić information content (AvgIpc) is 3.37. The van der Waals surface area contributed by atoms with Crippen LogP contribution in [0.4, 0.5) is 5.69 Å². The summed E-state index contributed by atoms with van der Waals surface area (Å²) in [4.78, 5) is 29.1. The third-order valence-corrected chi connectivity index (χ3v) is 7.16. The summed E-state index contributed by atoms with van der Waals surface area (Å²) < 4.78 is 5.95. The molecule has 0 radical (unpaired) electrons. The van der Waals surface area contributed by atoms with Gasteiger partial charge in [0, 0.05) is 44.8 Å². The number of hydrogen-bond acceptors (Lipinski definition) is 6. The number of aromatic hydroxyl groups is 1. The van der Waals surface area contributed by atoms with E-state index >= 15 is 0 Å². The van der Waals surface area contributed by atoms with Crippen molar-refractivity contribution < 1.29 is 19.4 Å². The third kappa shape index (κ3) is 5.28. The van der Waals surface area contributed by atoms with Gasteiger partial charge in [-0.2, -0.15) is 5.26 Å². The summed E-state index contributed by atoms with van der Waals surface area (Å²) in [7, 11) is 0. The van der Waals surface area contributed by atoms with E-state index in [0.29, 0.717) is 19.6 Å². The lowest BCUT2D eigenvalue weighted by Gasteiger charge is -2.33. The number of carbonyl (C=O) groups is 2. The summed E-state index contributed by atoms with van der Waals surface area (Å²) in [5.41, 5.74) is 4.18. The summed E-state index contributed by atoms with van der Waals surface area (Å²) in [5, 5.41) is 23.8. The second-order valence-electron chi connectivity index (χ2n) is 9.81. The molecular weight excluding hydrogens is 480 g/mol. The van der Waals surface area contributed by atoms with Crippen LogP contribution in [0.25, 0.3) is 0 Å². The molecule has 8 nitrogen and oxygen atoms in total. The fraction of sp³-hybridized carbons (Fsp3) is 0.300. The van der Waals surface area contributed by atoms with Gasteiger partial charge in [-0.15, -0.1) is 0 Å². The minimum Gasteiger partial charge on any atom is -0.507 e. The van der Waals surface area contributed by atoms with Crippen LogP contribution in [-0.4, -0.2) is 45.9 Å². The molecule has 0 saturated carbocycles. The van der Waals surface area contributed by atoms with Gasteiger partial charge < -0.3 is 25.0 Å². The number of anilines is 1. The maximum atomic E-state index is 13.7. The quantitative estimate of drug-likeness (QED) is 0.509. The number of piperidine rings is 1. The number of likely N-dealkylation sites (tertiary alicyclic amines) is 1. The Morgan fingerprint density at radius 2 is 1.92 bits per heavy atom. The molecular formula is C30H30N4O4. The second-order valence-corrected chi connectivity index (χ2v) is 9.81. The van der Waals surface area contributed by atoms with Crippen LogP contribution in [0.15, 0.2) is 60.7 Å². The van der Waals surface area contributed by atoms with E-state index in [0.717, 1.165) is 41.8 Å². The van der Waals surface area contributed by atoms with Crippen molar-refractivity contribution >= 4 is 17.5 Å². The first-order chi connectivity index (χ1) is 18.4. The Kier molecular flexibility index (Phi) is 7.18. The Morgan fingerprint density at radius 3 is 2.68 bits per heavy atom. The Balaban J connectivity index is 1.36. The number of benzene rings is 3. The first-order valence-electron chi connectivity index (χ1n) is 12.8. The maximum Gasteiger partial charge on any atom is 0.262 e. The van der Waals surface area contributed by atoms with E-state index in [1.165, 1.54) is 12.1 Å². The lowest BCUT2D eigenvalue weighted by Crippen LogP contribution is -2.44. The molecule has 1 saturated heterocycles. The maximum absolute atomic E-state index is 13.7. The molecule has 2 aliphatic rings. The van der Waals surface area contributed by atoms with Gasteiger partial charge in [0.05, 0.1) is 11.6 Å². The molecule has 3 aromatic carbocycles. The number of phenolic OH excluding ortho intramolecular Hbond substituents is 1. The number of hydrogen-bond donors (Lipinski definition) is 2. The van der Waals surface area contributed by atoms with E-state index in [4.69, 9.17) is 4.74 Å². The molecule has 8 heteroatoms. The zero-order chi connectivity index (χ0) is 26.6. The first kappa shape index (κ1) is 25.2. The predicted octanol–water partition coefficient (Wildman–Crippen LogP) is 4.42. The van der Waals surface area contributed by atoms with E-state index in [-0.39, 0.29) is 47.1 Å². The number of ether oxygens (including phenoxy) is 1. The van der Waals surface area contributed by atoms with E-state index in [1.807, 2.05) is 59.5 Å². The van der Waals surface area contributed by atoms with Gasteiger partial charge in [-0.1, -0.05) is 42.5 Å². The molecule has 0 unspecified atom stereocenters. The van der Waals surface area contributed by atoms with E-state index in [2.05, 4.69) is 5.32 Å². The zero-order valence-electron chi connectivity index (χ0n) is 21.3. The van der Waals surface area contributed by atoms with Gasteiger partial charge >= 0.3 is 0 Å².